The Balaban J connectivity index is 0.000000178. The largest absolute Gasteiger partial charge is 0.481 e. The smallest absolute Gasteiger partial charge is 0.313 e. The predicted octanol–water partition coefficient (Wildman–Crippen LogP) is 15.5. The molecule has 0 aromatic heterocycles. The van der Waals surface area contributed by atoms with Gasteiger partial charge in [-0.25, -0.2) is 0 Å². The number of carbonyl (C=O) groups excluding carboxylic acids is 2. The van der Waals surface area contributed by atoms with Crippen LogP contribution in [-0.2, 0) is 28.7 Å². The molecule has 10 aliphatic rings. The standard InChI is InChI=1S/2C32H50O4/c1-19-11-14-28(4)17-18-30(6)22(26(28)20(19)2)9-10-23-29(5)15-13-25(36-21(3)33)32(8,27(34)35)24(29)12-16-31(23,30)7;1-20(33)36-25-12-13-29(5)23-10-9-21-22-19-27(2,3)15-16-28(22,4)17-18-30(21,6)31(23,7)14-11-24(29)32(25,8)26(34)35/h9,19-20,23-26H,10-18H2,1-8H3,(H,34,35);9,22-25H,10-19H2,1-8H3,(H,34,35)/t19-,20+,23?,24?,25-,26?,28-,29-,30-,31-,32-;22?,23?,24?,25-,28-,29-,30-,31-,32-/m11/s1. The maximum atomic E-state index is 12.9. The van der Waals surface area contributed by atoms with Crippen LogP contribution in [0.3, 0.4) is 0 Å². The second kappa shape index (κ2) is 17.2. The highest BCUT2D eigenvalue weighted by atomic mass is 16.5. The molecule has 8 saturated carbocycles. The number of allylic oxidation sites excluding steroid dienone is 4. The minimum absolute atomic E-state index is 0.0136. The van der Waals surface area contributed by atoms with Gasteiger partial charge in [0.1, 0.15) is 23.0 Å². The molecule has 0 spiro atoms. The van der Waals surface area contributed by atoms with Crippen LogP contribution < -0.4 is 0 Å². The van der Waals surface area contributed by atoms with Crippen molar-refractivity contribution in [3.8, 4) is 0 Å². The zero-order valence-corrected chi connectivity index (χ0v) is 48.2. The molecule has 72 heavy (non-hydrogen) atoms. The lowest BCUT2D eigenvalue weighted by Gasteiger charge is -2.71. The van der Waals surface area contributed by atoms with E-state index in [1.54, 1.807) is 11.1 Å². The number of carbonyl (C=O) groups is 4. The first kappa shape index (κ1) is 54.2. The molecule has 8 nitrogen and oxygen atoms in total. The van der Waals surface area contributed by atoms with E-state index in [-0.39, 0.29) is 56.3 Å². The van der Waals surface area contributed by atoms with E-state index >= 15 is 0 Å². The molecule has 0 amide bonds. The van der Waals surface area contributed by atoms with Crippen molar-refractivity contribution < 1.29 is 38.9 Å². The predicted molar refractivity (Wildman–Crippen MR) is 284 cm³/mol. The van der Waals surface area contributed by atoms with E-state index in [9.17, 15) is 29.4 Å². The van der Waals surface area contributed by atoms with Gasteiger partial charge in [0.05, 0.1) is 0 Å². The van der Waals surface area contributed by atoms with Gasteiger partial charge < -0.3 is 19.7 Å². The van der Waals surface area contributed by atoms with Crippen molar-refractivity contribution in [2.45, 2.75) is 245 Å². The van der Waals surface area contributed by atoms with Crippen molar-refractivity contribution in [3.63, 3.8) is 0 Å². The molecular weight excluding hydrogens is 897 g/mol. The monoisotopic (exact) mass is 997 g/mol. The fraction of sp³-hybridized carbons (Fsp3) is 0.875. The Morgan fingerprint density at radius 2 is 0.931 bits per heavy atom. The van der Waals surface area contributed by atoms with Crippen LogP contribution in [0.15, 0.2) is 23.3 Å². The summed E-state index contributed by atoms with van der Waals surface area (Å²) in [5, 5.41) is 21.1. The van der Waals surface area contributed by atoms with Crippen molar-refractivity contribution in [1.29, 1.82) is 0 Å². The third-order valence-corrected chi connectivity index (χ3v) is 27.2. The molecule has 6 unspecified atom stereocenters. The number of carboxylic acid groups (broad SMARTS) is 2. The van der Waals surface area contributed by atoms with Gasteiger partial charge in [-0.1, -0.05) is 106 Å². The van der Waals surface area contributed by atoms with E-state index in [0.717, 1.165) is 63.2 Å². The third-order valence-electron chi connectivity index (χ3n) is 27.2. The summed E-state index contributed by atoms with van der Waals surface area (Å²) < 4.78 is 11.4. The summed E-state index contributed by atoms with van der Waals surface area (Å²) in [5.74, 6) is 1.44. The Kier molecular flexibility index (Phi) is 12.9. The minimum atomic E-state index is -1.04. The van der Waals surface area contributed by atoms with Gasteiger partial charge in [0.2, 0.25) is 0 Å². The van der Waals surface area contributed by atoms with Crippen molar-refractivity contribution in [3.05, 3.63) is 23.3 Å². The molecule has 0 aromatic rings. The minimum Gasteiger partial charge on any atom is -0.481 e. The summed E-state index contributed by atoms with van der Waals surface area (Å²) in [6, 6.07) is 0. The second-order valence-corrected chi connectivity index (χ2v) is 30.6. The van der Waals surface area contributed by atoms with Gasteiger partial charge >= 0.3 is 23.9 Å². The van der Waals surface area contributed by atoms with E-state index in [1.807, 2.05) is 13.8 Å². The SMILES string of the molecule is CC(=O)O[C@@H]1CC[C@@]2(C)C(CC[C@]3(C)C2CC=C2C4CC(C)(C)CC[C@]4(C)CC[C@]23C)[C@@]1(C)C(=O)O.CC(=O)O[C@@H]1CC[C@@]2(C)C(CC[C@]3(C)C2CC=C2C4[C@@H](C)[C@H](C)CC[C@]4(C)CC[C@]23C)[C@@]1(C)C(=O)O. The van der Waals surface area contributed by atoms with E-state index in [1.165, 1.54) is 71.6 Å². The van der Waals surface area contributed by atoms with Gasteiger partial charge in [0.25, 0.3) is 0 Å². The quantitative estimate of drug-likeness (QED) is 0.211. The third kappa shape index (κ3) is 7.32. The van der Waals surface area contributed by atoms with E-state index in [0.29, 0.717) is 52.8 Å². The number of esters is 2. The summed E-state index contributed by atoms with van der Waals surface area (Å²) in [6.07, 6.45) is 25.3. The highest BCUT2D eigenvalue weighted by Gasteiger charge is 2.72. The zero-order chi connectivity index (χ0) is 53.0. The molecule has 10 rings (SSSR count). The zero-order valence-electron chi connectivity index (χ0n) is 48.2. The summed E-state index contributed by atoms with van der Waals surface area (Å²) in [5.41, 5.74) is 3.21. The first-order valence-corrected chi connectivity index (χ1v) is 29.4. The fourth-order valence-corrected chi connectivity index (χ4v) is 22.0. The molecule has 8 heteroatoms. The maximum Gasteiger partial charge on any atom is 0.313 e. The molecule has 0 saturated heterocycles. The average molecular weight is 997 g/mol. The van der Waals surface area contributed by atoms with Crippen LogP contribution in [0, 0.1) is 107 Å². The lowest BCUT2D eigenvalue weighted by Crippen LogP contribution is -2.66. The summed E-state index contributed by atoms with van der Waals surface area (Å²) in [4.78, 5) is 49.5. The number of fused-ring (bicyclic) bond motifs is 14. The van der Waals surface area contributed by atoms with Crippen LogP contribution in [0.25, 0.3) is 0 Å². The van der Waals surface area contributed by atoms with Gasteiger partial charge in [0, 0.05) is 13.8 Å². The summed E-state index contributed by atoms with van der Waals surface area (Å²) in [6.45, 7) is 36.7. The number of hydrogen-bond donors (Lipinski definition) is 2. The molecule has 0 bridgehead atoms. The van der Waals surface area contributed by atoms with Gasteiger partial charge in [-0.3, -0.25) is 19.2 Å². The van der Waals surface area contributed by atoms with E-state index < -0.39 is 35.0 Å². The van der Waals surface area contributed by atoms with Crippen LogP contribution in [0.5, 0.6) is 0 Å². The number of hydrogen-bond acceptors (Lipinski definition) is 6. The van der Waals surface area contributed by atoms with Crippen molar-refractivity contribution in [1.82, 2.24) is 0 Å². The van der Waals surface area contributed by atoms with Crippen molar-refractivity contribution in [2.75, 3.05) is 0 Å². The Morgan fingerprint density at radius 1 is 0.500 bits per heavy atom. The number of rotatable bonds is 4. The Morgan fingerprint density at radius 3 is 1.39 bits per heavy atom. The number of carboxylic acids is 2. The molecule has 8 fully saturated rings. The summed E-state index contributed by atoms with van der Waals surface area (Å²) in [7, 11) is 0. The van der Waals surface area contributed by atoms with Crippen LogP contribution in [-0.4, -0.2) is 46.3 Å². The van der Waals surface area contributed by atoms with Crippen LogP contribution in [0.2, 0.25) is 0 Å². The van der Waals surface area contributed by atoms with Crippen molar-refractivity contribution >= 4 is 23.9 Å². The molecule has 0 aromatic carbocycles. The highest BCUT2D eigenvalue weighted by molar-refractivity contribution is 5.78. The Labute approximate surface area is 436 Å². The van der Waals surface area contributed by atoms with E-state index in [2.05, 4.69) is 95.2 Å². The van der Waals surface area contributed by atoms with Gasteiger partial charge in [-0.05, 0) is 232 Å². The lowest BCUT2D eigenvalue weighted by atomic mass is 9.33. The first-order chi connectivity index (χ1) is 33.2. The molecule has 0 radical (unpaired) electrons. The maximum absolute atomic E-state index is 12.9. The Bertz CT molecular complexity index is 2290. The number of aliphatic carboxylic acids is 2. The molecular formula is C64H100O8. The normalized spacial score (nSPS) is 52.8. The Hall–Kier alpha value is -2.64. The fourth-order valence-electron chi connectivity index (χ4n) is 22.0. The van der Waals surface area contributed by atoms with E-state index in [4.69, 9.17) is 9.47 Å². The molecule has 0 aliphatic heterocycles. The van der Waals surface area contributed by atoms with Gasteiger partial charge in [-0.15, -0.1) is 0 Å². The second-order valence-electron chi connectivity index (χ2n) is 30.6. The summed E-state index contributed by atoms with van der Waals surface area (Å²) >= 11 is 0. The molecule has 10 aliphatic carbocycles. The van der Waals surface area contributed by atoms with Crippen LogP contribution in [0.1, 0.15) is 233 Å². The van der Waals surface area contributed by atoms with Crippen molar-refractivity contribution in [2.24, 2.45) is 107 Å². The topological polar surface area (TPSA) is 127 Å². The molecule has 20 atom stereocenters. The van der Waals surface area contributed by atoms with Gasteiger partial charge in [-0.2, -0.15) is 0 Å². The molecule has 2 N–H and O–H groups in total. The van der Waals surface area contributed by atoms with Crippen LogP contribution >= 0.6 is 0 Å². The first-order valence-electron chi connectivity index (χ1n) is 29.4. The average Bonchev–Trinajstić information content (AvgIpc) is 3.28. The molecule has 0 heterocycles. The van der Waals surface area contributed by atoms with Crippen LogP contribution in [0.4, 0.5) is 0 Å². The van der Waals surface area contributed by atoms with Gasteiger partial charge in [0.15, 0.2) is 0 Å². The molecule has 404 valence electrons. The number of ether oxygens (including phenoxy) is 2. The highest BCUT2D eigenvalue weighted by Crippen LogP contribution is 2.78. The lowest BCUT2D eigenvalue weighted by molar-refractivity contribution is -0.223.